The molecular weight excluding hydrogens is 160 g/mol. The molecule has 0 heterocycles. The zero-order valence-corrected chi connectivity index (χ0v) is 8.08. The average molecular weight is 174 g/mol. The highest BCUT2D eigenvalue weighted by atomic mass is 16.1. The Balaban J connectivity index is 3.07. The van der Waals surface area contributed by atoms with E-state index >= 15 is 0 Å². The van der Waals surface area contributed by atoms with Crippen molar-refractivity contribution in [3.63, 3.8) is 0 Å². The van der Waals surface area contributed by atoms with Crippen LogP contribution in [0.2, 0.25) is 0 Å². The number of benzene rings is 1. The van der Waals surface area contributed by atoms with Crippen molar-refractivity contribution in [2.24, 2.45) is 0 Å². The zero-order valence-electron chi connectivity index (χ0n) is 8.08. The summed E-state index contributed by atoms with van der Waals surface area (Å²) in [4.78, 5) is 10.2. The Morgan fingerprint density at radius 2 is 2.15 bits per heavy atom. The van der Waals surface area contributed by atoms with Gasteiger partial charge in [0.05, 0.1) is 0 Å². The number of allylic oxidation sites excluding steroid dienone is 1. The molecule has 1 heteroatoms. The van der Waals surface area contributed by atoms with Crippen molar-refractivity contribution >= 4 is 12.4 Å². The smallest absolute Gasteiger partial charge is 0.142 e. The topological polar surface area (TPSA) is 17.1 Å². The number of hydrogen-bond donors (Lipinski definition) is 0. The first-order chi connectivity index (χ1) is 6.27. The summed E-state index contributed by atoms with van der Waals surface area (Å²) in [5.74, 6) is 0. The Morgan fingerprint density at radius 1 is 1.38 bits per heavy atom. The van der Waals surface area contributed by atoms with Gasteiger partial charge in [-0.25, -0.2) is 0 Å². The van der Waals surface area contributed by atoms with E-state index in [0.717, 1.165) is 18.3 Å². The standard InChI is InChI=1S/C12H14O/c1-3-11-7-6-10(2)9-12(11)5-4-8-13/h4-9H,3H2,1-2H3. The minimum absolute atomic E-state index is 0.807. The average Bonchev–Trinajstić information content (AvgIpc) is 2.15. The van der Waals surface area contributed by atoms with Crippen LogP contribution in [-0.4, -0.2) is 6.29 Å². The molecule has 0 fully saturated rings. The summed E-state index contributed by atoms with van der Waals surface area (Å²) >= 11 is 0. The fourth-order valence-electron chi connectivity index (χ4n) is 1.33. The minimum Gasteiger partial charge on any atom is -0.299 e. The first-order valence-electron chi connectivity index (χ1n) is 4.49. The van der Waals surface area contributed by atoms with Crippen LogP contribution in [0.3, 0.4) is 0 Å². The number of aryl methyl sites for hydroxylation is 2. The van der Waals surface area contributed by atoms with Gasteiger partial charge < -0.3 is 0 Å². The molecule has 68 valence electrons. The molecule has 0 spiro atoms. The van der Waals surface area contributed by atoms with Crippen LogP contribution in [-0.2, 0) is 11.2 Å². The lowest BCUT2D eigenvalue weighted by Gasteiger charge is -2.03. The normalized spacial score (nSPS) is 10.6. The minimum atomic E-state index is 0.807. The van der Waals surface area contributed by atoms with Crippen LogP contribution in [0.25, 0.3) is 6.08 Å². The second-order valence-corrected chi connectivity index (χ2v) is 3.05. The van der Waals surface area contributed by atoms with Crippen LogP contribution in [0, 0.1) is 6.92 Å². The Bertz CT molecular complexity index is 324. The largest absolute Gasteiger partial charge is 0.299 e. The van der Waals surface area contributed by atoms with Crippen molar-refractivity contribution in [1.82, 2.24) is 0 Å². The SMILES string of the molecule is CCc1ccc(C)cc1C=CC=O. The third-order valence-corrected chi connectivity index (χ3v) is 2.04. The van der Waals surface area contributed by atoms with E-state index in [9.17, 15) is 4.79 Å². The Hall–Kier alpha value is -1.37. The maximum atomic E-state index is 10.2. The van der Waals surface area contributed by atoms with Gasteiger partial charge in [0.1, 0.15) is 6.29 Å². The third kappa shape index (κ3) is 2.55. The molecule has 0 saturated heterocycles. The summed E-state index contributed by atoms with van der Waals surface area (Å²) in [5.41, 5.74) is 3.65. The number of rotatable bonds is 3. The van der Waals surface area contributed by atoms with Gasteiger partial charge in [-0.15, -0.1) is 0 Å². The molecule has 0 atom stereocenters. The highest BCUT2D eigenvalue weighted by Gasteiger charge is 1.96. The number of carbonyl (C=O) groups is 1. The van der Waals surface area contributed by atoms with Crippen molar-refractivity contribution in [3.8, 4) is 0 Å². The summed E-state index contributed by atoms with van der Waals surface area (Å²) in [6, 6.07) is 6.30. The van der Waals surface area contributed by atoms with Gasteiger partial charge in [0, 0.05) is 0 Å². The van der Waals surface area contributed by atoms with Crippen LogP contribution < -0.4 is 0 Å². The molecule has 0 unspecified atom stereocenters. The predicted molar refractivity (Wildman–Crippen MR) is 55.7 cm³/mol. The van der Waals surface area contributed by atoms with Crippen LogP contribution in [0.15, 0.2) is 24.3 Å². The van der Waals surface area contributed by atoms with Crippen LogP contribution in [0.5, 0.6) is 0 Å². The first-order valence-corrected chi connectivity index (χ1v) is 4.49. The van der Waals surface area contributed by atoms with Crippen molar-refractivity contribution in [3.05, 3.63) is 41.0 Å². The van der Waals surface area contributed by atoms with Crippen LogP contribution >= 0.6 is 0 Å². The lowest BCUT2D eigenvalue weighted by molar-refractivity contribution is -0.104. The predicted octanol–water partition coefficient (Wildman–Crippen LogP) is 2.77. The molecule has 0 N–H and O–H groups in total. The van der Waals surface area contributed by atoms with E-state index in [-0.39, 0.29) is 0 Å². The summed E-state index contributed by atoms with van der Waals surface area (Å²) in [7, 11) is 0. The third-order valence-electron chi connectivity index (χ3n) is 2.04. The molecule has 0 saturated carbocycles. The van der Waals surface area contributed by atoms with Crippen molar-refractivity contribution in [2.75, 3.05) is 0 Å². The Labute approximate surface area is 79.1 Å². The second kappa shape index (κ2) is 4.61. The van der Waals surface area contributed by atoms with Crippen molar-refractivity contribution in [1.29, 1.82) is 0 Å². The monoisotopic (exact) mass is 174 g/mol. The Morgan fingerprint density at radius 3 is 2.77 bits per heavy atom. The lowest BCUT2D eigenvalue weighted by Crippen LogP contribution is -1.87. The first kappa shape index (κ1) is 9.72. The van der Waals surface area contributed by atoms with E-state index in [4.69, 9.17) is 0 Å². The second-order valence-electron chi connectivity index (χ2n) is 3.05. The summed E-state index contributed by atoms with van der Waals surface area (Å²) in [5, 5.41) is 0. The van der Waals surface area contributed by atoms with Crippen molar-refractivity contribution in [2.45, 2.75) is 20.3 Å². The Kier molecular flexibility index (Phi) is 3.44. The molecular formula is C12H14O. The van der Waals surface area contributed by atoms with Gasteiger partial charge in [-0.3, -0.25) is 4.79 Å². The van der Waals surface area contributed by atoms with E-state index in [0.29, 0.717) is 0 Å². The molecule has 13 heavy (non-hydrogen) atoms. The molecule has 0 aliphatic carbocycles. The molecule has 0 aromatic heterocycles. The van der Waals surface area contributed by atoms with E-state index in [1.807, 2.05) is 6.08 Å². The highest BCUT2D eigenvalue weighted by Crippen LogP contribution is 2.13. The van der Waals surface area contributed by atoms with Crippen LogP contribution in [0.1, 0.15) is 23.6 Å². The molecule has 0 aliphatic rings. The van der Waals surface area contributed by atoms with E-state index in [1.54, 1.807) is 0 Å². The van der Waals surface area contributed by atoms with Gasteiger partial charge in [-0.1, -0.05) is 36.8 Å². The molecule has 1 nitrogen and oxygen atoms in total. The number of aldehydes is 1. The maximum Gasteiger partial charge on any atom is 0.142 e. The summed E-state index contributed by atoms with van der Waals surface area (Å²) in [6.45, 7) is 4.17. The molecule has 0 bridgehead atoms. The zero-order chi connectivity index (χ0) is 9.68. The van der Waals surface area contributed by atoms with Gasteiger partial charge >= 0.3 is 0 Å². The van der Waals surface area contributed by atoms with Gasteiger partial charge in [0.2, 0.25) is 0 Å². The van der Waals surface area contributed by atoms with Gasteiger partial charge in [0.25, 0.3) is 0 Å². The molecule has 1 aromatic carbocycles. The van der Waals surface area contributed by atoms with E-state index in [1.165, 1.54) is 17.2 Å². The van der Waals surface area contributed by atoms with Gasteiger partial charge in [-0.05, 0) is 30.5 Å². The van der Waals surface area contributed by atoms with Gasteiger partial charge in [0.15, 0.2) is 0 Å². The van der Waals surface area contributed by atoms with Crippen LogP contribution in [0.4, 0.5) is 0 Å². The number of hydrogen-bond acceptors (Lipinski definition) is 1. The maximum absolute atomic E-state index is 10.2. The molecule has 1 aromatic rings. The summed E-state index contributed by atoms with van der Waals surface area (Å²) < 4.78 is 0. The fourth-order valence-corrected chi connectivity index (χ4v) is 1.33. The fraction of sp³-hybridized carbons (Fsp3) is 0.250. The molecule has 0 amide bonds. The molecule has 1 rings (SSSR count). The molecule has 0 aliphatic heterocycles. The quantitative estimate of drug-likeness (QED) is 0.508. The molecule has 0 radical (unpaired) electrons. The lowest BCUT2D eigenvalue weighted by atomic mass is 10.0. The van der Waals surface area contributed by atoms with E-state index in [2.05, 4.69) is 32.0 Å². The van der Waals surface area contributed by atoms with Crippen molar-refractivity contribution < 1.29 is 4.79 Å². The van der Waals surface area contributed by atoms with E-state index < -0.39 is 0 Å². The summed E-state index contributed by atoms with van der Waals surface area (Å²) in [6.07, 6.45) is 5.20. The number of carbonyl (C=O) groups excluding carboxylic acids is 1. The van der Waals surface area contributed by atoms with Gasteiger partial charge in [-0.2, -0.15) is 0 Å². The highest BCUT2D eigenvalue weighted by molar-refractivity contribution is 5.74.